The molecule has 1 N–H and O–H groups in total. The number of amides is 1. The third kappa shape index (κ3) is 5.29. The minimum Gasteiger partial charge on any atom is -0.507 e. The highest BCUT2D eigenvalue weighted by Crippen LogP contribution is 2.42. The van der Waals surface area contributed by atoms with Crippen molar-refractivity contribution in [1.82, 2.24) is 9.80 Å². The summed E-state index contributed by atoms with van der Waals surface area (Å²) in [5.74, 6) is -0.577. The topological polar surface area (TPSA) is 88.5 Å². The lowest BCUT2D eigenvalue weighted by atomic mass is 9.95. The molecule has 0 aliphatic carbocycles. The number of methoxy groups -OCH3 is 1. The Morgan fingerprint density at radius 1 is 1.09 bits per heavy atom. The third-order valence-corrected chi connectivity index (χ3v) is 6.47. The molecule has 2 aromatic carbocycles. The van der Waals surface area contributed by atoms with Crippen molar-refractivity contribution in [3.05, 3.63) is 64.2 Å². The van der Waals surface area contributed by atoms with Gasteiger partial charge in [0.15, 0.2) is 11.5 Å². The van der Waals surface area contributed by atoms with Crippen molar-refractivity contribution in [2.45, 2.75) is 13.0 Å². The zero-order chi connectivity index (χ0) is 24.9. The number of aliphatic hydroxyl groups excluding tert-OH is 1. The molecule has 1 atom stereocenters. The van der Waals surface area contributed by atoms with Gasteiger partial charge in [0.25, 0.3) is 11.7 Å². The molecule has 2 aromatic rings. The first-order chi connectivity index (χ1) is 16.9. The van der Waals surface area contributed by atoms with Gasteiger partial charge in [-0.1, -0.05) is 17.7 Å². The van der Waals surface area contributed by atoms with Gasteiger partial charge < -0.3 is 24.2 Å². The number of likely N-dealkylation sites (tertiary alicyclic amines) is 1. The SMILES string of the molecule is CCOc1ccc(C2/C(=C(/O)c3ccc(Cl)cc3)C(=O)C(=O)N2CCN2CCOCC2)cc1OC. The second-order valence-corrected chi connectivity index (χ2v) is 8.73. The average Bonchev–Trinajstić information content (AvgIpc) is 3.13. The van der Waals surface area contributed by atoms with E-state index in [1.54, 1.807) is 42.5 Å². The van der Waals surface area contributed by atoms with Crippen LogP contribution in [0.15, 0.2) is 48.0 Å². The van der Waals surface area contributed by atoms with Gasteiger partial charge in [-0.15, -0.1) is 0 Å². The molecule has 4 rings (SSSR count). The number of ketones is 1. The molecule has 0 aromatic heterocycles. The third-order valence-electron chi connectivity index (χ3n) is 6.22. The molecule has 0 saturated carbocycles. The molecule has 0 spiro atoms. The van der Waals surface area contributed by atoms with E-state index in [0.717, 1.165) is 13.1 Å². The molecule has 2 fully saturated rings. The van der Waals surface area contributed by atoms with Crippen LogP contribution < -0.4 is 9.47 Å². The zero-order valence-corrected chi connectivity index (χ0v) is 20.6. The number of hydrogen-bond donors (Lipinski definition) is 1. The summed E-state index contributed by atoms with van der Waals surface area (Å²) in [6.07, 6.45) is 0. The van der Waals surface area contributed by atoms with Crippen LogP contribution in [-0.4, -0.2) is 79.7 Å². The van der Waals surface area contributed by atoms with Gasteiger partial charge in [0, 0.05) is 36.8 Å². The number of aliphatic hydroxyl groups is 1. The van der Waals surface area contributed by atoms with Crippen LogP contribution in [0.4, 0.5) is 0 Å². The Kier molecular flexibility index (Phi) is 7.95. The normalized spacial score (nSPS) is 20.3. The Morgan fingerprint density at radius 3 is 2.46 bits per heavy atom. The van der Waals surface area contributed by atoms with Crippen LogP contribution in [0.5, 0.6) is 11.5 Å². The van der Waals surface area contributed by atoms with Gasteiger partial charge >= 0.3 is 0 Å². The summed E-state index contributed by atoms with van der Waals surface area (Å²) in [6.45, 7) is 6.03. The largest absolute Gasteiger partial charge is 0.507 e. The van der Waals surface area contributed by atoms with E-state index in [2.05, 4.69) is 4.90 Å². The molecule has 2 heterocycles. The second-order valence-electron chi connectivity index (χ2n) is 8.30. The van der Waals surface area contributed by atoms with Crippen molar-refractivity contribution in [3.8, 4) is 11.5 Å². The van der Waals surface area contributed by atoms with E-state index in [0.29, 0.717) is 60.6 Å². The van der Waals surface area contributed by atoms with Gasteiger partial charge in [-0.2, -0.15) is 0 Å². The van der Waals surface area contributed by atoms with Gasteiger partial charge in [0.2, 0.25) is 0 Å². The first-order valence-corrected chi connectivity index (χ1v) is 12.0. The van der Waals surface area contributed by atoms with Crippen molar-refractivity contribution in [3.63, 3.8) is 0 Å². The van der Waals surface area contributed by atoms with Crippen molar-refractivity contribution in [2.24, 2.45) is 0 Å². The van der Waals surface area contributed by atoms with Crippen LogP contribution in [0.3, 0.4) is 0 Å². The lowest BCUT2D eigenvalue weighted by molar-refractivity contribution is -0.140. The van der Waals surface area contributed by atoms with Crippen molar-refractivity contribution in [1.29, 1.82) is 0 Å². The molecular formula is C26H29ClN2O6. The quantitative estimate of drug-likeness (QED) is 0.337. The molecule has 8 nitrogen and oxygen atoms in total. The number of Topliss-reactive ketones (excluding diaryl/α,β-unsaturated/α-hetero) is 1. The lowest BCUT2D eigenvalue weighted by Gasteiger charge is -2.31. The molecule has 2 aliphatic rings. The molecule has 0 radical (unpaired) electrons. The Morgan fingerprint density at radius 2 is 1.80 bits per heavy atom. The molecule has 0 bridgehead atoms. The fourth-order valence-electron chi connectivity index (χ4n) is 4.42. The van der Waals surface area contributed by atoms with Crippen LogP contribution in [0.1, 0.15) is 24.1 Å². The maximum atomic E-state index is 13.2. The van der Waals surface area contributed by atoms with E-state index in [-0.39, 0.29) is 11.3 Å². The van der Waals surface area contributed by atoms with Crippen LogP contribution in [0, 0.1) is 0 Å². The summed E-state index contributed by atoms with van der Waals surface area (Å²) in [6, 6.07) is 11.0. The van der Waals surface area contributed by atoms with E-state index >= 15 is 0 Å². The van der Waals surface area contributed by atoms with Gasteiger partial charge in [-0.25, -0.2) is 0 Å². The standard InChI is InChI=1S/C26H29ClN2O6/c1-3-35-20-9-6-18(16-21(20)33-2)23-22(24(30)17-4-7-19(27)8-5-17)25(31)26(32)29(23)11-10-28-12-14-34-15-13-28/h4-9,16,23,30H,3,10-15H2,1-2H3/b24-22-. The number of rotatable bonds is 8. The van der Waals surface area contributed by atoms with Crippen LogP contribution >= 0.6 is 11.6 Å². The maximum absolute atomic E-state index is 13.2. The predicted molar refractivity (Wildman–Crippen MR) is 132 cm³/mol. The molecule has 9 heteroatoms. The Bertz CT molecular complexity index is 1110. The highest BCUT2D eigenvalue weighted by Gasteiger charge is 2.46. The zero-order valence-electron chi connectivity index (χ0n) is 19.8. The minimum absolute atomic E-state index is 0.0329. The fourth-order valence-corrected chi connectivity index (χ4v) is 4.55. The minimum atomic E-state index is -0.781. The first-order valence-electron chi connectivity index (χ1n) is 11.6. The highest BCUT2D eigenvalue weighted by molar-refractivity contribution is 6.46. The van der Waals surface area contributed by atoms with Crippen molar-refractivity contribution < 1.29 is 28.9 Å². The molecule has 35 heavy (non-hydrogen) atoms. The van der Waals surface area contributed by atoms with E-state index in [4.69, 9.17) is 25.8 Å². The summed E-state index contributed by atoms with van der Waals surface area (Å²) in [5, 5.41) is 11.7. The number of benzene rings is 2. The molecule has 2 saturated heterocycles. The molecule has 2 aliphatic heterocycles. The number of ether oxygens (including phenoxy) is 3. The summed E-state index contributed by atoms with van der Waals surface area (Å²) in [4.78, 5) is 30.1. The number of nitrogens with zero attached hydrogens (tertiary/aromatic N) is 2. The van der Waals surface area contributed by atoms with Crippen molar-refractivity contribution >= 4 is 29.1 Å². The van der Waals surface area contributed by atoms with Gasteiger partial charge in [0.05, 0.1) is 38.5 Å². The fraction of sp³-hybridized carbons (Fsp3) is 0.385. The number of carbonyl (C=O) groups excluding carboxylic acids is 2. The number of hydrogen-bond acceptors (Lipinski definition) is 7. The average molecular weight is 501 g/mol. The summed E-state index contributed by atoms with van der Waals surface area (Å²) in [5.41, 5.74) is 1.08. The van der Waals surface area contributed by atoms with E-state index in [9.17, 15) is 14.7 Å². The molecule has 1 unspecified atom stereocenters. The Labute approximate surface area is 209 Å². The number of carbonyl (C=O) groups is 2. The Balaban J connectivity index is 1.77. The summed E-state index contributed by atoms with van der Waals surface area (Å²) < 4.78 is 16.5. The Hall–Kier alpha value is -3.07. The van der Waals surface area contributed by atoms with Crippen LogP contribution in [-0.2, 0) is 14.3 Å². The number of halogens is 1. The maximum Gasteiger partial charge on any atom is 0.295 e. The second kappa shape index (κ2) is 11.1. The molecule has 1 amide bonds. The van der Waals surface area contributed by atoms with Crippen LogP contribution in [0.2, 0.25) is 5.02 Å². The summed E-state index contributed by atoms with van der Waals surface area (Å²) >= 11 is 6.00. The summed E-state index contributed by atoms with van der Waals surface area (Å²) in [7, 11) is 1.53. The monoisotopic (exact) mass is 500 g/mol. The smallest absolute Gasteiger partial charge is 0.295 e. The first kappa shape index (κ1) is 25.0. The van der Waals surface area contributed by atoms with Gasteiger partial charge in [-0.3, -0.25) is 14.5 Å². The number of morpholine rings is 1. The van der Waals surface area contributed by atoms with Crippen molar-refractivity contribution in [2.75, 3.05) is 53.1 Å². The van der Waals surface area contributed by atoms with E-state index < -0.39 is 17.7 Å². The van der Waals surface area contributed by atoms with Gasteiger partial charge in [0.1, 0.15) is 5.76 Å². The van der Waals surface area contributed by atoms with E-state index in [1.807, 2.05) is 6.92 Å². The molecular weight excluding hydrogens is 472 g/mol. The van der Waals surface area contributed by atoms with E-state index in [1.165, 1.54) is 12.0 Å². The lowest BCUT2D eigenvalue weighted by Crippen LogP contribution is -2.42. The molecule has 186 valence electrons. The predicted octanol–water partition coefficient (Wildman–Crippen LogP) is 3.50. The highest BCUT2D eigenvalue weighted by atomic mass is 35.5. The van der Waals surface area contributed by atoms with Gasteiger partial charge in [-0.05, 0) is 48.9 Å². The van der Waals surface area contributed by atoms with Crippen LogP contribution in [0.25, 0.3) is 5.76 Å².